The molecule has 7 heteroatoms. The van der Waals surface area contributed by atoms with Crippen molar-refractivity contribution in [2.24, 2.45) is 10.8 Å². The predicted octanol–water partition coefficient (Wildman–Crippen LogP) is 7.37. The molecule has 0 unspecified atom stereocenters. The monoisotopic (exact) mass is 552 g/mol. The Labute approximate surface area is 238 Å². The van der Waals surface area contributed by atoms with E-state index in [0.717, 1.165) is 17.5 Å². The number of Topliss-reactive ketones (excluding diaryl/α,β-unsaturated/α-hetero) is 1. The fraction of sp³-hybridized carbons (Fsp3) is 0.485. The minimum absolute atomic E-state index is 0.115. The molecule has 0 saturated heterocycles. The van der Waals surface area contributed by atoms with Gasteiger partial charge in [-0.05, 0) is 103 Å². The van der Waals surface area contributed by atoms with Crippen LogP contribution in [0.4, 0.5) is 0 Å². The molecule has 7 nitrogen and oxygen atoms in total. The second-order valence-corrected chi connectivity index (χ2v) is 11.7. The molecule has 0 aliphatic heterocycles. The number of benzene rings is 2. The summed E-state index contributed by atoms with van der Waals surface area (Å²) in [6.45, 7) is 17.2. The Morgan fingerprint density at radius 2 is 1.38 bits per heavy atom. The van der Waals surface area contributed by atoms with Gasteiger partial charge in [0.1, 0.15) is 17.2 Å². The lowest BCUT2D eigenvalue weighted by Crippen LogP contribution is -2.26. The Hall–Kier alpha value is -3.61. The molecule has 0 fully saturated rings. The normalized spacial score (nSPS) is 12.1. The third-order valence-corrected chi connectivity index (χ3v) is 6.09. The molecular formula is C33H44O7. The quantitative estimate of drug-likeness (QED) is 0.0945. The molecule has 2 aromatic rings. The number of rotatable bonds is 11. The maximum atomic E-state index is 13.4. The van der Waals surface area contributed by atoms with Gasteiger partial charge in [0.05, 0.1) is 24.5 Å². The van der Waals surface area contributed by atoms with E-state index in [1.165, 1.54) is 7.11 Å². The Bertz CT molecular complexity index is 1240. The van der Waals surface area contributed by atoms with Crippen molar-refractivity contribution >= 4 is 23.8 Å². The van der Waals surface area contributed by atoms with Crippen molar-refractivity contribution in [3.63, 3.8) is 0 Å². The lowest BCUT2D eigenvalue weighted by atomic mass is 9.95. The third-order valence-electron chi connectivity index (χ3n) is 6.09. The molecule has 2 rings (SSSR count). The third kappa shape index (κ3) is 8.20. The summed E-state index contributed by atoms with van der Waals surface area (Å²) < 4.78 is 23.1. The summed E-state index contributed by atoms with van der Waals surface area (Å²) >= 11 is 0. The number of hydrogen-bond acceptors (Lipinski definition) is 7. The van der Waals surface area contributed by atoms with Gasteiger partial charge >= 0.3 is 11.9 Å². The van der Waals surface area contributed by atoms with Crippen LogP contribution >= 0.6 is 0 Å². The summed E-state index contributed by atoms with van der Waals surface area (Å²) in [6.07, 6.45) is 3.61. The first kappa shape index (κ1) is 32.6. The van der Waals surface area contributed by atoms with E-state index in [-0.39, 0.29) is 23.5 Å². The van der Waals surface area contributed by atoms with Gasteiger partial charge in [-0.3, -0.25) is 14.4 Å². The van der Waals surface area contributed by atoms with Crippen molar-refractivity contribution in [2.45, 2.75) is 81.6 Å². The summed E-state index contributed by atoms with van der Waals surface area (Å²) in [6, 6.07) is 8.25. The molecule has 0 saturated carbocycles. The van der Waals surface area contributed by atoms with Crippen LogP contribution in [0.5, 0.6) is 17.2 Å². The van der Waals surface area contributed by atoms with E-state index >= 15 is 0 Å². The van der Waals surface area contributed by atoms with Crippen LogP contribution in [0.2, 0.25) is 0 Å². The van der Waals surface area contributed by atoms with Gasteiger partial charge in [0.15, 0.2) is 5.76 Å². The first-order valence-corrected chi connectivity index (χ1v) is 13.8. The molecule has 0 radical (unpaired) electrons. The summed E-state index contributed by atoms with van der Waals surface area (Å²) in [5.74, 6) is 0.519. The molecule has 0 N–H and O–H groups in total. The zero-order chi connectivity index (χ0) is 30.3. The molecule has 0 amide bonds. The topological polar surface area (TPSA) is 88.1 Å². The van der Waals surface area contributed by atoms with Gasteiger partial charge in [-0.25, -0.2) is 0 Å². The Morgan fingerprint density at radius 1 is 0.800 bits per heavy atom. The van der Waals surface area contributed by atoms with E-state index in [2.05, 4.69) is 0 Å². The van der Waals surface area contributed by atoms with Crippen LogP contribution in [0.1, 0.15) is 95.8 Å². The molecule has 0 aromatic heterocycles. The second kappa shape index (κ2) is 13.6. The largest absolute Gasteiger partial charge is 0.493 e. The van der Waals surface area contributed by atoms with Crippen LogP contribution in [-0.4, -0.2) is 31.4 Å². The van der Waals surface area contributed by atoms with Crippen molar-refractivity contribution in [1.82, 2.24) is 0 Å². The Balaban J connectivity index is 2.56. The first-order chi connectivity index (χ1) is 18.7. The average Bonchev–Trinajstić information content (AvgIpc) is 2.89. The maximum Gasteiger partial charge on any atom is 0.316 e. The van der Waals surface area contributed by atoms with Gasteiger partial charge in [-0.15, -0.1) is 0 Å². The number of esters is 2. The summed E-state index contributed by atoms with van der Waals surface area (Å²) in [5.41, 5.74) is 1.32. The molecule has 0 spiro atoms. The molecule has 0 heterocycles. The van der Waals surface area contributed by atoms with Crippen LogP contribution in [0.15, 0.2) is 36.1 Å². The van der Waals surface area contributed by atoms with Gasteiger partial charge in [-0.1, -0.05) is 20.8 Å². The molecule has 0 atom stereocenters. The molecule has 0 bridgehead atoms. The van der Waals surface area contributed by atoms with Crippen LogP contribution in [0, 0.1) is 10.8 Å². The van der Waals surface area contributed by atoms with Crippen LogP contribution in [-0.2, 0) is 27.2 Å². The second-order valence-electron chi connectivity index (χ2n) is 11.7. The SMILES string of the molecule is CCCOc1c(C=C(OC)C(=O)c2ccc(OC(=O)C(C)(C)C)cc2)cc(CC)c(OC(=O)C(C)(C)C)c1CC. The summed E-state index contributed by atoms with van der Waals surface area (Å²) in [7, 11) is 1.44. The molecular weight excluding hydrogens is 508 g/mol. The average molecular weight is 553 g/mol. The van der Waals surface area contributed by atoms with Crippen molar-refractivity contribution in [2.75, 3.05) is 13.7 Å². The molecule has 0 aliphatic carbocycles. The maximum absolute atomic E-state index is 13.4. The highest BCUT2D eigenvalue weighted by atomic mass is 16.5. The number of hydrogen-bond donors (Lipinski definition) is 0. The Kier molecular flexibility index (Phi) is 11.1. The number of allylic oxidation sites excluding steroid dienone is 1. The minimum atomic E-state index is -0.671. The van der Waals surface area contributed by atoms with E-state index in [4.69, 9.17) is 18.9 Å². The predicted molar refractivity (Wildman–Crippen MR) is 157 cm³/mol. The molecule has 218 valence electrons. The van der Waals surface area contributed by atoms with E-state index in [0.29, 0.717) is 47.8 Å². The number of ether oxygens (including phenoxy) is 4. The number of carbonyl (C=O) groups excluding carboxylic acids is 3. The molecule has 0 aliphatic rings. The highest BCUT2D eigenvalue weighted by molar-refractivity contribution is 6.10. The van der Waals surface area contributed by atoms with Crippen LogP contribution in [0.25, 0.3) is 6.08 Å². The number of ketones is 1. The number of aryl methyl sites for hydroxylation is 1. The van der Waals surface area contributed by atoms with E-state index < -0.39 is 10.8 Å². The number of methoxy groups -OCH3 is 1. The standard InChI is InChI=1S/C33H44O7/c1-11-18-38-28-23(19-21(12-2)29(25(28)13-3)40-31(36)33(7,8)9)20-26(37-10)27(34)22-14-16-24(17-15-22)39-30(35)32(4,5)6/h14-17,19-20H,11-13,18H2,1-10H3. The van der Waals surface area contributed by atoms with E-state index in [1.807, 2.05) is 47.6 Å². The lowest BCUT2D eigenvalue weighted by Gasteiger charge is -2.23. The zero-order valence-electron chi connectivity index (χ0n) is 25.7. The van der Waals surface area contributed by atoms with Gasteiger partial charge in [0.2, 0.25) is 5.78 Å². The van der Waals surface area contributed by atoms with Gasteiger partial charge < -0.3 is 18.9 Å². The Morgan fingerprint density at radius 3 is 1.85 bits per heavy atom. The van der Waals surface area contributed by atoms with E-state index in [9.17, 15) is 14.4 Å². The number of carbonyl (C=O) groups is 3. The van der Waals surface area contributed by atoms with Gasteiger partial charge in [0, 0.05) is 16.7 Å². The summed E-state index contributed by atoms with van der Waals surface area (Å²) in [4.78, 5) is 38.4. The lowest BCUT2D eigenvalue weighted by molar-refractivity contribution is -0.143. The van der Waals surface area contributed by atoms with Crippen LogP contribution < -0.4 is 14.2 Å². The van der Waals surface area contributed by atoms with Crippen molar-refractivity contribution in [3.05, 3.63) is 58.3 Å². The smallest absolute Gasteiger partial charge is 0.316 e. The fourth-order valence-electron chi connectivity index (χ4n) is 3.66. The fourth-order valence-corrected chi connectivity index (χ4v) is 3.66. The van der Waals surface area contributed by atoms with Crippen molar-refractivity contribution < 1.29 is 33.3 Å². The van der Waals surface area contributed by atoms with E-state index in [1.54, 1.807) is 51.1 Å². The summed E-state index contributed by atoms with van der Waals surface area (Å²) in [5, 5.41) is 0. The highest BCUT2D eigenvalue weighted by Crippen LogP contribution is 2.39. The zero-order valence-corrected chi connectivity index (χ0v) is 25.7. The van der Waals surface area contributed by atoms with Crippen molar-refractivity contribution in [1.29, 1.82) is 0 Å². The highest BCUT2D eigenvalue weighted by Gasteiger charge is 2.28. The molecule has 2 aromatic carbocycles. The minimum Gasteiger partial charge on any atom is -0.493 e. The first-order valence-electron chi connectivity index (χ1n) is 13.8. The molecule has 40 heavy (non-hydrogen) atoms. The van der Waals surface area contributed by atoms with Gasteiger partial charge in [0.25, 0.3) is 0 Å². The van der Waals surface area contributed by atoms with Crippen LogP contribution in [0.3, 0.4) is 0 Å². The van der Waals surface area contributed by atoms with Crippen molar-refractivity contribution in [3.8, 4) is 17.2 Å². The van der Waals surface area contributed by atoms with Gasteiger partial charge in [-0.2, -0.15) is 0 Å².